The lowest BCUT2D eigenvalue weighted by Crippen LogP contribution is -1.92. The molecule has 1 nitrogen and oxygen atoms in total. The zero-order valence-electron chi connectivity index (χ0n) is 28.1. The Morgan fingerprint density at radius 3 is 1.82 bits per heavy atom. The zero-order chi connectivity index (χ0) is 33.7. The lowest BCUT2D eigenvalue weighted by atomic mass is 9.92. The number of hydrogen-bond donors (Lipinski definition) is 0. The Morgan fingerprint density at radius 1 is 0.520 bits per heavy atom. The second-order valence-corrected chi connectivity index (χ2v) is 12.8. The quantitative estimate of drug-likeness (QED) is 0.119. The van der Waals surface area contributed by atoms with Crippen molar-refractivity contribution in [2.75, 3.05) is 0 Å². The van der Waals surface area contributed by atoms with Crippen molar-refractivity contribution in [2.24, 2.45) is 0 Å². The second kappa shape index (κ2) is 14.0. The number of hydrogen-bond acceptors (Lipinski definition) is 1. The van der Waals surface area contributed by atoms with Crippen molar-refractivity contribution in [3.63, 3.8) is 0 Å². The molecular formula is C49H37N. The van der Waals surface area contributed by atoms with Gasteiger partial charge in [0.2, 0.25) is 0 Å². The van der Waals surface area contributed by atoms with Crippen LogP contribution >= 0.6 is 0 Å². The molecule has 0 fully saturated rings. The van der Waals surface area contributed by atoms with Crippen LogP contribution in [0.4, 0.5) is 0 Å². The van der Waals surface area contributed by atoms with Crippen LogP contribution in [-0.2, 0) is 6.42 Å². The third kappa shape index (κ3) is 6.55. The van der Waals surface area contributed by atoms with E-state index < -0.39 is 0 Å². The van der Waals surface area contributed by atoms with Gasteiger partial charge in [0.15, 0.2) is 0 Å². The van der Waals surface area contributed by atoms with Crippen molar-refractivity contribution < 1.29 is 0 Å². The Bertz CT molecular complexity index is 2460. The summed E-state index contributed by atoms with van der Waals surface area (Å²) in [5.74, 6) is 0. The molecular weight excluding hydrogens is 603 g/mol. The van der Waals surface area contributed by atoms with Gasteiger partial charge in [-0.2, -0.15) is 0 Å². The lowest BCUT2D eigenvalue weighted by Gasteiger charge is -2.14. The van der Waals surface area contributed by atoms with Crippen LogP contribution in [0, 0.1) is 0 Å². The smallest absolute Gasteiger partial charge is 0.0722 e. The van der Waals surface area contributed by atoms with Crippen LogP contribution in [0.25, 0.3) is 66.3 Å². The normalized spacial score (nSPS) is 12.0. The van der Waals surface area contributed by atoms with E-state index in [1.807, 2.05) is 0 Å². The average Bonchev–Trinajstić information content (AvgIpc) is 3.20. The van der Waals surface area contributed by atoms with Crippen LogP contribution in [0.2, 0.25) is 0 Å². The first-order valence-electron chi connectivity index (χ1n) is 17.3. The number of aromatic nitrogens is 1. The summed E-state index contributed by atoms with van der Waals surface area (Å²) >= 11 is 0. The Morgan fingerprint density at radius 2 is 1.12 bits per heavy atom. The molecule has 1 aromatic heterocycles. The average molecular weight is 640 g/mol. The molecule has 1 heterocycles. The largest absolute Gasteiger partial charge is 0.248 e. The molecule has 0 bridgehead atoms. The van der Waals surface area contributed by atoms with Crippen molar-refractivity contribution in [3.8, 4) is 33.5 Å². The molecule has 238 valence electrons. The maximum atomic E-state index is 5.19. The fraction of sp³-hybridized carbons (Fsp3) is 0.0408. The Labute approximate surface area is 294 Å². The molecule has 0 radical (unpaired) electrons. The summed E-state index contributed by atoms with van der Waals surface area (Å²) in [5.41, 5.74) is 14.1. The fourth-order valence-corrected chi connectivity index (χ4v) is 6.81. The third-order valence-corrected chi connectivity index (χ3v) is 9.50. The van der Waals surface area contributed by atoms with Gasteiger partial charge in [-0.1, -0.05) is 176 Å². The predicted octanol–water partition coefficient (Wildman–Crippen LogP) is 13.1. The summed E-state index contributed by atoms with van der Waals surface area (Å²) in [7, 11) is 0. The highest BCUT2D eigenvalue weighted by atomic mass is 14.7. The summed E-state index contributed by atoms with van der Waals surface area (Å²) in [6.07, 6.45) is 5.54. The standard InChI is InChI=1S/C49H37N/c1-35(37-16-8-3-9-17-37)32-43(23-22-36-14-6-2-7-15-36)38-24-26-39(27-25-38)44-29-28-41-30-31-47-49(45(41)33-44)46(40-18-10-4-11-19-40)34-48(50-47)42-20-12-5-13-21-42/h2-21,23-34H,22H2,1H3/b35-32+,43-23+. The molecule has 0 aliphatic carbocycles. The monoisotopic (exact) mass is 639 g/mol. The topological polar surface area (TPSA) is 12.9 Å². The first kappa shape index (κ1) is 31.0. The van der Waals surface area contributed by atoms with Crippen molar-refractivity contribution in [3.05, 3.63) is 211 Å². The molecule has 0 saturated heterocycles. The van der Waals surface area contributed by atoms with Crippen molar-refractivity contribution >= 4 is 32.8 Å². The van der Waals surface area contributed by atoms with E-state index in [2.05, 4.69) is 201 Å². The van der Waals surface area contributed by atoms with Crippen LogP contribution in [0.1, 0.15) is 23.6 Å². The Hall–Kier alpha value is -6.31. The summed E-state index contributed by atoms with van der Waals surface area (Å²) in [6.45, 7) is 2.20. The molecule has 8 aromatic rings. The maximum Gasteiger partial charge on any atom is 0.0722 e. The summed E-state index contributed by atoms with van der Waals surface area (Å²) < 4.78 is 0. The van der Waals surface area contributed by atoms with Gasteiger partial charge in [0, 0.05) is 10.9 Å². The molecule has 0 aliphatic rings. The van der Waals surface area contributed by atoms with Crippen molar-refractivity contribution in [2.45, 2.75) is 13.3 Å². The highest BCUT2D eigenvalue weighted by molar-refractivity contribution is 6.14. The molecule has 8 rings (SSSR count). The van der Waals surface area contributed by atoms with E-state index in [9.17, 15) is 0 Å². The number of fused-ring (bicyclic) bond motifs is 3. The molecule has 0 spiro atoms. The summed E-state index contributed by atoms with van der Waals surface area (Å²) in [6, 6.07) is 64.9. The minimum absolute atomic E-state index is 0.873. The zero-order valence-corrected chi connectivity index (χ0v) is 28.1. The Kier molecular flexibility index (Phi) is 8.70. The maximum absolute atomic E-state index is 5.19. The van der Waals surface area contributed by atoms with Gasteiger partial charge < -0.3 is 0 Å². The van der Waals surface area contributed by atoms with E-state index in [1.165, 1.54) is 66.2 Å². The van der Waals surface area contributed by atoms with E-state index in [0.29, 0.717) is 0 Å². The predicted molar refractivity (Wildman–Crippen MR) is 214 cm³/mol. The lowest BCUT2D eigenvalue weighted by molar-refractivity contribution is 1.27. The van der Waals surface area contributed by atoms with Crippen LogP contribution < -0.4 is 0 Å². The van der Waals surface area contributed by atoms with Gasteiger partial charge >= 0.3 is 0 Å². The molecule has 0 saturated carbocycles. The van der Waals surface area contributed by atoms with Gasteiger partial charge in [-0.3, -0.25) is 0 Å². The van der Waals surface area contributed by atoms with E-state index in [-0.39, 0.29) is 0 Å². The second-order valence-electron chi connectivity index (χ2n) is 12.8. The van der Waals surface area contributed by atoms with E-state index >= 15 is 0 Å². The highest BCUT2D eigenvalue weighted by Crippen LogP contribution is 2.38. The van der Waals surface area contributed by atoms with Crippen LogP contribution in [0.15, 0.2) is 194 Å². The van der Waals surface area contributed by atoms with Gasteiger partial charge in [-0.15, -0.1) is 0 Å². The third-order valence-electron chi connectivity index (χ3n) is 9.50. The number of nitrogens with zero attached hydrogens (tertiary/aromatic N) is 1. The number of benzene rings is 7. The minimum atomic E-state index is 0.873. The van der Waals surface area contributed by atoms with Crippen LogP contribution in [-0.4, -0.2) is 4.98 Å². The first-order valence-corrected chi connectivity index (χ1v) is 17.3. The van der Waals surface area contributed by atoms with Gasteiger partial charge in [0.1, 0.15) is 0 Å². The van der Waals surface area contributed by atoms with Crippen LogP contribution in [0.5, 0.6) is 0 Å². The fourth-order valence-electron chi connectivity index (χ4n) is 6.81. The summed E-state index contributed by atoms with van der Waals surface area (Å²) in [5, 5.41) is 3.59. The minimum Gasteiger partial charge on any atom is -0.248 e. The molecule has 0 unspecified atom stereocenters. The van der Waals surface area contributed by atoms with Crippen molar-refractivity contribution in [1.29, 1.82) is 0 Å². The van der Waals surface area contributed by atoms with Gasteiger partial charge in [0.25, 0.3) is 0 Å². The molecule has 7 aromatic carbocycles. The molecule has 0 N–H and O–H groups in total. The van der Waals surface area contributed by atoms with Gasteiger partial charge in [-0.25, -0.2) is 4.98 Å². The number of allylic oxidation sites excluding steroid dienone is 4. The first-order chi connectivity index (χ1) is 24.7. The van der Waals surface area contributed by atoms with Gasteiger partial charge in [0.05, 0.1) is 11.2 Å². The summed E-state index contributed by atoms with van der Waals surface area (Å²) in [4.78, 5) is 5.19. The van der Waals surface area contributed by atoms with E-state index in [1.54, 1.807) is 0 Å². The number of rotatable bonds is 8. The molecule has 0 aliphatic heterocycles. The van der Waals surface area contributed by atoms with Crippen molar-refractivity contribution in [1.82, 2.24) is 4.98 Å². The van der Waals surface area contributed by atoms with E-state index in [4.69, 9.17) is 4.98 Å². The molecule has 0 amide bonds. The van der Waals surface area contributed by atoms with E-state index in [0.717, 1.165) is 23.2 Å². The van der Waals surface area contributed by atoms with Gasteiger partial charge in [-0.05, 0) is 92.4 Å². The molecule has 50 heavy (non-hydrogen) atoms. The SMILES string of the molecule is C/C(=C\C(=C/Cc1ccccc1)c1ccc(-c2ccc3ccc4nc(-c5ccccc5)cc(-c5ccccc5)c4c3c2)cc1)c1ccccc1. The van der Waals surface area contributed by atoms with Crippen LogP contribution in [0.3, 0.4) is 0 Å². The number of pyridine rings is 1. The Balaban J connectivity index is 1.21. The highest BCUT2D eigenvalue weighted by Gasteiger charge is 2.14. The molecule has 1 heteroatoms. The molecule has 0 atom stereocenters.